The van der Waals surface area contributed by atoms with Gasteiger partial charge in [0.25, 0.3) is 0 Å². The number of guanidine groups is 1. The number of hydrogen-bond donors (Lipinski definition) is 1. The van der Waals surface area contributed by atoms with Crippen molar-refractivity contribution in [2.75, 3.05) is 32.8 Å². The van der Waals surface area contributed by atoms with E-state index in [-0.39, 0.29) is 24.0 Å². The first-order chi connectivity index (χ1) is 8.75. The van der Waals surface area contributed by atoms with Gasteiger partial charge >= 0.3 is 0 Å². The molecule has 0 aromatic rings. The van der Waals surface area contributed by atoms with Crippen molar-refractivity contribution >= 4 is 29.9 Å². The molecule has 0 atom stereocenters. The van der Waals surface area contributed by atoms with E-state index in [9.17, 15) is 0 Å². The Bertz CT molecular complexity index is 323. The second-order valence-electron chi connectivity index (χ2n) is 5.35. The van der Waals surface area contributed by atoms with Crippen LogP contribution >= 0.6 is 24.0 Å². The zero-order chi connectivity index (χ0) is 12.8. The average Bonchev–Trinajstić information content (AvgIpc) is 2.40. The number of hydrogen-bond acceptors (Lipinski definition) is 2. The van der Waals surface area contributed by atoms with E-state index >= 15 is 0 Å². The molecular weight excluding hydrogens is 353 g/mol. The summed E-state index contributed by atoms with van der Waals surface area (Å²) in [4.78, 5) is 6.73. The van der Waals surface area contributed by atoms with Crippen molar-refractivity contribution in [3.63, 3.8) is 0 Å². The van der Waals surface area contributed by atoms with E-state index in [1.807, 2.05) is 0 Å². The first-order valence-corrected chi connectivity index (χ1v) is 7.06. The third-order valence-corrected chi connectivity index (χ3v) is 3.87. The highest BCUT2D eigenvalue weighted by atomic mass is 127. The summed E-state index contributed by atoms with van der Waals surface area (Å²) in [5, 5.41) is 0. The van der Waals surface area contributed by atoms with Crippen molar-refractivity contribution in [2.24, 2.45) is 16.6 Å². The second kappa shape index (κ2) is 8.79. The number of halogens is 1. The Hall–Kier alpha value is -0.300. The summed E-state index contributed by atoms with van der Waals surface area (Å²) < 4.78 is 5.29. The topological polar surface area (TPSA) is 50.8 Å². The molecule has 0 bridgehead atoms. The lowest BCUT2D eigenvalue weighted by atomic mass is 10.00. The number of nitrogens with zero attached hydrogens (tertiary/aromatic N) is 2. The van der Waals surface area contributed by atoms with Crippen LogP contribution in [-0.4, -0.2) is 43.7 Å². The van der Waals surface area contributed by atoms with Crippen molar-refractivity contribution in [1.29, 1.82) is 0 Å². The van der Waals surface area contributed by atoms with Crippen LogP contribution in [0, 0.1) is 5.92 Å². The minimum Gasteiger partial charge on any atom is -0.377 e. The van der Waals surface area contributed by atoms with Gasteiger partial charge in [0.2, 0.25) is 0 Å². The molecule has 0 aliphatic carbocycles. The molecule has 0 spiro atoms. The van der Waals surface area contributed by atoms with Crippen LogP contribution < -0.4 is 5.73 Å². The zero-order valence-electron chi connectivity index (χ0n) is 11.8. The van der Waals surface area contributed by atoms with Gasteiger partial charge in [-0.3, -0.25) is 4.99 Å². The molecule has 0 aromatic heterocycles. The number of nitrogens with two attached hydrogens (primary N) is 1. The molecule has 5 heteroatoms. The van der Waals surface area contributed by atoms with E-state index in [4.69, 9.17) is 10.5 Å². The zero-order valence-corrected chi connectivity index (χ0v) is 14.1. The molecule has 0 amide bonds. The van der Waals surface area contributed by atoms with Crippen molar-refractivity contribution in [2.45, 2.75) is 32.6 Å². The smallest absolute Gasteiger partial charge is 0.191 e. The molecule has 0 saturated carbocycles. The highest BCUT2D eigenvalue weighted by molar-refractivity contribution is 14.0. The highest BCUT2D eigenvalue weighted by Crippen LogP contribution is 2.16. The Kier molecular flexibility index (Phi) is 7.75. The SMILES string of the molecule is CC1CCN(C(N)=NCCC2=CCOCC2)CC1.I. The molecule has 19 heavy (non-hydrogen) atoms. The van der Waals surface area contributed by atoms with E-state index in [0.29, 0.717) is 0 Å². The Morgan fingerprint density at radius 1 is 1.47 bits per heavy atom. The molecular formula is C14H26IN3O. The van der Waals surface area contributed by atoms with Gasteiger partial charge in [0.15, 0.2) is 5.96 Å². The number of aliphatic imine (C=N–C) groups is 1. The van der Waals surface area contributed by atoms with Gasteiger partial charge in [-0.25, -0.2) is 0 Å². The number of ether oxygens (including phenoxy) is 1. The Morgan fingerprint density at radius 2 is 2.21 bits per heavy atom. The van der Waals surface area contributed by atoms with Gasteiger partial charge < -0.3 is 15.4 Å². The van der Waals surface area contributed by atoms with Gasteiger partial charge in [-0.15, -0.1) is 24.0 Å². The van der Waals surface area contributed by atoms with Crippen molar-refractivity contribution in [3.05, 3.63) is 11.6 Å². The fourth-order valence-corrected chi connectivity index (χ4v) is 2.44. The van der Waals surface area contributed by atoms with Crippen LogP contribution in [0.5, 0.6) is 0 Å². The van der Waals surface area contributed by atoms with Crippen molar-refractivity contribution in [1.82, 2.24) is 4.90 Å². The summed E-state index contributed by atoms with van der Waals surface area (Å²) in [6, 6.07) is 0. The molecule has 0 unspecified atom stereocenters. The van der Waals surface area contributed by atoms with Gasteiger partial charge in [0, 0.05) is 19.6 Å². The number of likely N-dealkylation sites (tertiary alicyclic amines) is 1. The summed E-state index contributed by atoms with van der Waals surface area (Å²) in [6.45, 7) is 6.86. The minimum absolute atomic E-state index is 0. The number of piperidine rings is 1. The Labute approximate surface area is 133 Å². The second-order valence-corrected chi connectivity index (χ2v) is 5.35. The normalized spacial score (nSPS) is 21.8. The van der Waals surface area contributed by atoms with Crippen LogP contribution in [0.3, 0.4) is 0 Å². The molecule has 1 saturated heterocycles. The number of rotatable bonds is 3. The van der Waals surface area contributed by atoms with E-state index in [2.05, 4.69) is 22.9 Å². The summed E-state index contributed by atoms with van der Waals surface area (Å²) >= 11 is 0. The fraction of sp³-hybridized carbons (Fsp3) is 0.786. The van der Waals surface area contributed by atoms with Gasteiger partial charge in [-0.05, 0) is 31.6 Å². The standard InChI is InChI=1S/C14H25N3O.HI/c1-12-3-8-17(9-4-12)14(15)16-7-2-13-5-10-18-11-6-13;/h5,12H,2-4,6-11H2,1H3,(H2,15,16);1H. The van der Waals surface area contributed by atoms with Gasteiger partial charge in [0.1, 0.15) is 0 Å². The maximum atomic E-state index is 6.04. The van der Waals surface area contributed by atoms with Gasteiger partial charge in [-0.1, -0.05) is 18.6 Å². The summed E-state index contributed by atoms with van der Waals surface area (Å²) in [5.41, 5.74) is 7.50. The predicted octanol–water partition coefficient (Wildman–Crippen LogP) is 2.39. The van der Waals surface area contributed by atoms with E-state index in [1.165, 1.54) is 18.4 Å². The summed E-state index contributed by atoms with van der Waals surface area (Å²) in [7, 11) is 0. The minimum atomic E-state index is 0. The third-order valence-electron chi connectivity index (χ3n) is 3.87. The molecule has 2 N–H and O–H groups in total. The maximum absolute atomic E-state index is 6.04. The van der Waals surface area contributed by atoms with Crippen LogP contribution in [0.25, 0.3) is 0 Å². The van der Waals surface area contributed by atoms with E-state index < -0.39 is 0 Å². The molecule has 2 heterocycles. The van der Waals surface area contributed by atoms with Crippen LogP contribution in [0.1, 0.15) is 32.6 Å². The molecule has 0 aromatic carbocycles. The van der Waals surface area contributed by atoms with E-state index in [0.717, 1.165) is 57.6 Å². The molecule has 0 radical (unpaired) electrons. The Balaban J connectivity index is 0.00000180. The van der Waals surface area contributed by atoms with Crippen LogP contribution in [0.2, 0.25) is 0 Å². The lowest BCUT2D eigenvalue weighted by molar-refractivity contribution is 0.153. The molecule has 2 rings (SSSR count). The lowest BCUT2D eigenvalue weighted by Gasteiger charge is -2.31. The van der Waals surface area contributed by atoms with Crippen molar-refractivity contribution < 1.29 is 4.74 Å². The maximum Gasteiger partial charge on any atom is 0.191 e. The quantitative estimate of drug-likeness (QED) is 0.355. The monoisotopic (exact) mass is 379 g/mol. The fourth-order valence-electron chi connectivity index (χ4n) is 2.44. The largest absolute Gasteiger partial charge is 0.377 e. The highest BCUT2D eigenvalue weighted by Gasteiger charge is 2.16. The van der Waals surface area contributed by atoms with Crippen molar-refractivity contribution in [3.8, 4) is 0 Å². The first-order valence-electron chi connectivity index (χ1n) is 7.06. The molecule has 2 aliphatic heterocycles. The summed E-state index contributed by atoms with van der Waals surface area (Å²) in [6.07, 6.45) is 6.72. The predicted molar refractivity (Wildman–Crippen MR) is 90.0 cm³/mol. The third kappa shape index (κ3) is 5.69. The van der Waals surface area contributed by atoms with Crippen LogP contribution in [0.4, 0.5) is 0 Å². The first kappa shape index (κ1) is 16.8. The lowest BCUT2D eigenvalue weighted by Crippen LogP contribution is -2.42. The van der Waals surface area contributed by atoms with Gasteiger partial charge in [-0.2, -0.15) is 0 Å². The molecule has 110 valence electrons. The van der Waals surface area contributed by atoms with E-state index in [1.54, 1.807) is 0 Å². The average molecular weight is 379 g/mol. The molecule has 1 fully saturated rings. The van der Waals surface area contributed by atoms with Crippen LogP contribution in [-0.2, 0) is 4.74 Å². The Morgan fingerprint density at radius 3 is 2.84 bits per heavy atom. The van der Waals surface area contributed by atoms with Crippen LogP contribution in [0.15, 0.2) is 16.6 Å². The molecule has 2 aliphatic rings. The summed E-state index contributed by atoms with van der Waals surface area (Å²) in [5.74, 6) is 1.57. The van der Waals surface area contributed by atoms with Gasteiger partial charge in [0.05, 0.1) is 13.2 Å². The molecule has 4 nitrogen and oxygen atoms in total.